The Balaban J connectivity index is 2.07. The minimum absolute atomic E-state index is 0.433. The lowest BCUT2D eigenvalue weighted by molar-refractivity contribution is 0.0329. The molecule has 1 aliphatic carbocycles. The molecule has 0 radical (unpaired) electrons. The van der Waals surface area contributed by atoms with Crippen LogP contribution in [0.15, 0.2) is 22.7 Å². The number of rotatable bonds is 4. The van der Waals surface area contributed by atoms with Gasteiger partial charge >= 0.3 is 0 Å². The fraction of sp³-hybridized carbons (Fsp3) is 0.538. The van der Waals surface area contributed by atoms with E-state index in [1.807, 2.05) is 0 Å². The molecule has 0 aliphatic heterocycles. The number of methoxy groups -OCH3 is 1. The first-order chi connectivity index (χ1) is 8.10. The lowest BCUT2D eigenvalue weighted by atomic mass is 9.89. The van der Waals surface area contributed by atoms with Crippen molar-refractivity contribution in [3.63, 3.8) is 0 Å². The first kappa shape index (κ1) is 12.7. The average Bonchev–Trinajstić information content (AvgIpc) is 2.22. The molecule has 0 aromatic heterocycles. The zero-order valence-electron chi connectivity index (χ0n) is 10.5. The van der Waals surface area contributed by atoms with Gasteiger partial charge in [-0.25, -0.2) is 0 Å². The molecule has 0 amide bonds. The SMILES string of the molecule is COC1CC(Nc2cc(Br)ccc2N(C)C)C1. The summed E-state index contributed by atoms with van der Waals surface area (Å²) in [6.07, 6.45) is 2.62. The third-order valence-electron chi connectivity index (χ3n) is 3.23. The smallest absolute Gasteiger partial charge is 0.0610 e. The van der Waals surface area contributed by atoms with Crippen molar-refractivity contribution in [3.8, 4) is 0 Å². The van der Waals surface area contributed by atoms with E-state index in [1.54, 1.807) is 7.11 Å². The van der Waals surface area contributed by atoms with Gasteiger partial charge < -0.3 is 15.0 Å². The Kier molecular flexibility index (Phi) is 3.94. The Labute approximate surface area is 111 Å². The van der Waals surface area contributed by atoms with Crippen molar-refractivity contribution in [1.82, 2.24) is 0 Å². The first-order valence-electron chi connectivity index (χ1n) is 5.86. The molecule has 4 heteroatoms. The third kappa shape index (κ3) is 2.93. The maximum Gasteiger partial charge on any atom is 0.0610 e. The van der Waals surface area contributed by atoms with Crippen molar-refractivity contribution in [2.24, 2.45) is 0 Å². The summed E-state index contributed by atoms with van der Waals surface area (Å²) in [5, 5.41) is 3.58. The molecule has 1 aromatic rings. The van der Waals surface area contributed by atoms with Gasteiger partial charge in [0.15, 0.2) is 0 Å². The first-order valence-corrected chi connectivity index (χ1v) is 6.65. The highest BCUT2D eigenvalue weighted by atomic mass is 79.9. The van der Waals surface area contributed by atoms with E-state index in [1.165, 1.54) is 11.4 Å². The van der Waals surface area contributed by atoms with Crippen LogP contribution in [0.2, 0.25) is 0 Å². The highest BCUT2D eigenvalue weighted by Crippen LogP contribution is 2.32. The number of hydrogen-bond donors (Lipinski definition) is 1. The number of benzene rings is 1. The summed E-state index contributed by atoms with van der Waals surface area (Å²) < 4.78 is 6.40. The monoisotopic (exact) mass is 298 g/mol. The predicted octanol–water partition coefficient (Wildman–Crippen LogP) is 3.10. The Hall–Kier alpha value is -0.740. The van der Waals surface area contributed by atoms with Crippen LogP contribution in [0.25, 0.3) is 0 Å². The van der Waals surface area contributed by atoms with Gasteiger partial charge in [-0.05, 0) is 31.0 Å². The largest absolute Gasteiger partial charge is 0.381 e. The van der Waals surface area contributed by atoms with Gasteiger partial charge in [0.25, 0.3) is 0 Å². The second kappa shape index (κ2) is 5.27. The summed E-state index contributed by atoms with van der Waals surface area (Å²) >= 11 is 3.52. The summed E-state index contributed by atoms with van der Waals surface area (Å²) in [6.45, 7) is 0. The van der Waals surface area contributed by atoms with Crippen LogP contribution in [-0.2, 0) is 4.74 Å². The summed E-state index contributed by atoms with van der Waals surface area (Å²) in [4.78, 5) is 2.13. The Morgan fingerprint density at radius 3 is 2.65 bits per heavy atom. The minimum Gasteiger partial charge on any atom is -0.381 e. The summed E-state index contributed by atoms with van der Waals surface area (Å²) in [7, 11) is 5.91. The van der Waals surface area contributed by atoms with E-state index in [2.05, 4.69) is 58.4 Å². The molecule has 0 heterocycles. The molecular weight excluding hydrogens is 280 g/mol. The lowest BCUT2D eigenvalue weighted by Gasteiger charge is -2.36. The zero-order valence-corrected chi connectivity index (χ0v) is 12.1. The van der Waals surface area contributed by atoms with Crippen LogP contribution in [0.1, 0.15) is 12.8 Å². The highest BCUT2D eigenvalue weighted by Gasteiger charge is 2.29. The molecule has 1 aromatic carbocycles. The van der Waals surface area contributed by atoms with E-state index in [4.69, 9.17) is 4.74 Å². The van der Waals surface area contributed by atoms with Crippen molar-refractivity contribution in [2.45, 2.75) is 25.0 Å². The normalized spacial score (nSPS) is 23.1. The minimum atomic E-state index is 0.433. The van der Waals surface area contributed by atoms with Crippen LogP contribution in [0, 0.1) is 0 Å². The zero-order chi connectivity index (χ0) is 12.4. The van der Waals surface area contributed by atoms with Gasteiger partial charge in [-0.3, -0.25) is 0 Å². The molecule has 0 bridgehead atoms. The van der Waals surface area contributed by atoms with Crippen LogP contribution in [0.5, 0.6) is 0 Å². The van der Waals surface area contributed by atoms with E-state index >= 15 is 0 Å². The van der Waals surface area contributed by atoms with Crippen LogP contribution < -0.4 is 10.2 Å². The van der Waals surface area contributed by atoms with Crippen molar-refractivity contribution < 1.29 is 4.74 Å². The number of anilines is 2. The molecule has 1 aliphatic rings. The summed E-state index contributed by atoms with van der Waals surface area (Å²) in [5.41, 5.74) is 2.40. The van der Waals surface area contributed by atoms with Crippen molar-refractivity contribution in [2.75, 3.05) is 31.4 Å². The van der Waals surface area contributed by atoms with Crippen LogP contribution in [0.4, 0.5) is 11.4 Å². The highest BCUT2D eigenvalue weighted by molar-refractivity contribution is 9.10. The van der Waals surface area contributed by atoms with Gasteiger partial charge in [-0.15, -0.1) is 0 Å². The molecule has 2 rings (SSSR count). The van der Waals surface area contributed by atoms with Crippen molar-refractivity contribution in [3.05, 3.63) is 22.7 Å². The number of nitrogens with one attached hydrogen (secondary N) is 1. The average molecular weight is 299 g/mol. The molecule has 0 atom stereocenters. The fourth-order valence-electron chi connectivity index (χ4n) is 2.11. The number of ether oxygens (including phenoxy) is 1. The number of halogens is 1. The van der Waals surface area contributed by atoms with Crippen LogP contribution in [-0.4, -0.2) is 33.4 Å². The summed E-state index contributed by atoms with van der Waals surface area (Å²) in [6, 6.07) is 6.86. The predicted molar refractivity (Wildman–Crippen MR) is 75.9 cm³/mol. The van der Waals surface area contributed by atoms with Gasteiger partial charge in [-0.1, -0.05) is 15.9 Å². The molecule has 3 nitrogen and oxygen atoms in total. The number of hydrogen-bond acceptors (Lipinski definition) is 3. The van der Waals surface area contributed by atoms with Gasteiger partial charge in [0.05, 0.1) is 17.5 Å². The van der Waals surface area contributed by atoms with Gasteiger partial charge in [0, 0.05) is 31.7 Å². The molecule has 0 unspecified atom stereocenters. The van der Waals surface area contributed by atoms with E-state index in [0.717, 1.165) is 17.3 Å². The van der Waals surface area contributed by atoms with Gasteiger partial charge in [-0.2, -0.15) is 0 Å². The van der Waals surface area contributed by atoms with Gasteiger partial charge in [0.2, 0.25) is 0 Å². The quantitative estimate of drug-likeness (QED) is 0.924. The molecule has 1 N–H and O–H groups in total. The lowest BCUT2D eigenvalue weighted by Crippen LogP contribution is -2.40. The van der Waals surface area contributed by atoms with E-state index < -0.39 is 0 Å². The van der Waals surface area contributed by atoms with E-state index in [0.29, 0.717) is 12.1 Å². The molecular formula is C13H19BrN2O. The van der Waals surface area contributed by atoms with Crippen molar-refractivity contribution in [1.29, 1.82) is 0 Å². The van der Waals surface area contributed by atoms with E-state index in [9.17, 15) is 0 Å². The second-order valence-corrected chi connectivity index (χ2v) is 5.64. The maximum absolute atomic E-state index is 5.30. The molecule has 0 spiro atoms. The van der Waals surface area contributed by atoms with Crippen LogP contribution in [0.3, 0.4) is 0 Å². The molecule has 0 saturated heterocycles. The number of nitrogens with zero attached hydrogens (tertiary/aromatic N) is 1. The van der Waals surface area contributed by atoms with Crippen molar-refractivity contribution >= 4 is 27.3 Å². The Bertz CT molecular complexity index is 389. The topological polar surface area (TPSA) is 24.5 Å². The fourth-order valence-corrected chi connectivity index (χ4v) is 2.47. The molecule has 1 fully saturated rings. The third-order valence-corrected chi connectivity index (χ3v) is 3.72. The maximum atomic E-state index is 5.30. The molecule has 94 valence electrons. The van der Waals surface area contributed by atoms with E-state index in [-0.39, 0.29) is 0 Å². The molecule has 17 heavy (non-hydrogen) atoms. The second-order valence-electron chi connectivity index (χ2n) is 4.73. The molecule has 1 saturated carbocycles. The summed E-state index contributed by atoms with van der Waals surface area (Å²) in [5.74, 6) is 0. The standard InChI is InChI=1S/C13H19BrN2O/c1-16(2)13-5-4-9(14)6-12(13)15-10-7-11(8-10)17-3/h4-6,10-11,15H,7-8H2,1-3H3. The Morgan fingerprint density at radius 1 is 1.35 bits per heavy atom. The Morgan fingerprint density at radius 2 is 2.06 bits per heavy atom. The van der Waals surface area contributed by atoms with Gasteiger partial charge in [0.1, 0.15) is 0 Å². The van der Waals surface area contributed by atoms with Crippen LogP contribution >= 0.6 is 15.9 Å².